The lowest BCUT2D eigenvalue weighted by molar-refractivity contribution is -0.128. The second-order valence-electron chi connectivity index (χ2n) is 7.00. The van der Waals surface area contributed by atoms with Gasteiger partial charge in [0.2, 0.25) is 5.91 Å². The SMILES string of the molecule is Cc1cc(CNC(=O)C2CC3CCCC(C2)C3N)ccc1F.Cl. The summed E-state index contributed by atoms with van der Waals surface area (Å²) < 4.78 is 13.3. The highest BCUT2D eigenvalue weighted by molar-refractivity contribution is 5.85. The van der Waals surface area contributed by atoms with Crippen LogP contribution in [0.5, 0.6) is 0 Å². The number of hydrogen-bond acceptors (Lipinski definition) is 2. The van der Waals surface area contributed by atoms with Crippen molar-refractivity contribution in [3.05, 3.63) is 35.1 Å². The zero-order valence-corrected chi connectivity index (χ0v) is 14.4. The van der Waals surface area contributed by atoms with Gasteiger partial charge in [0.05, 0.1) is 0 Å². The van der Waals surface area contributed by atoms with Gasteiger partial charge in [0.25, 0.3) is 0 Å². The van der Waals surface area contributed by atoms with Crippen molar-refractivity contribution in [3.8, 4) is 0 Å². The summed E-state index contributed by atoms with van der Waals surface area (Å²) in [6, 6.07) is 5.27. The van der Waals surface area contributed by atoms with E-state index in [0.717, 1.165) is 18.4 Å². The van der Waals surface area contributed by atoms with Crippen molar-refractivity contribution in [2.45, 2.75) is 51.6 Å². The Bertz CT molecular complexity index is 552. The maximum atomic E-state index is 13.3. The number of amides is 1. The number of carbonyl (C=O) groups is 1. The molecule has 23 heavy (non-hydrogen) atoms. The Balaban J connectivity index is 0.00000192. The van der Waals surface area contributed by atoms with Crippen molar-refractivity contribution in [2.75, 3.05) is 0 Å². The smallest absolute Gasteiger partial charge is 0.223 e. The maximum absolute atomic E-state index is 13.3. The molecule has 2 aliphatic rings. The van der Waals surface area contributed by atoms with Gasteiger partial charge in [0, 0.05) is 18.5 Å². The summed E-state index contributed by atoms with van der Waals surface area (Å²) in [5.41, 5.74) is 7.84. The number of benzene rings is 1. The Labute approximate surface area is 143 Å². The summed E-state index contributed by atoms with van der Waals surface area (Å²) in [5, 5.41) is 3.02. The summed E-state index contributed by atoms with van der Waals surface area (Å²) in [6.45, 7) is 2.21. The summed E-state index contributed by atoms with van der Waals surface area (Å²) in [5.74, 6) is 1.04. The molecular formula is C18H26ClFN2O. The topological polar surface area (TPSA) is 55.1 Å². The molecule has 3 rings (SSSR count). The van der Waals surface area contributed by atoms with Gasteiger partial charge in [0.1, 0.15) is 5.82 Å². The van der Waals surface area contributed by atoms with E-state index in [9.17, 15) is 9.18 Å². The lowest BCUT2D eigenvalue weighted by Crippen LogP contribution is -2.49. The average molecular weight is 341 g/mol. The van der Waals surface area contributed by atoms with Crippen LogP contribution in [0.15, 0.2) is 18.2 Å². The number of halogens is 2. The molecule has 0 radical (unpaired) electrons. The Morgan fingerprint density at radius 1 is 1.30 bits per heavy atom. The Morgan fingerprint density at radius 3 is 2.57 bits per heavy atom. The van der Waals surface area contributed by atoms with Crippen LogP contribution in [0.4, 0.5) is 4.39 Å². The number of aryl methyl sites for hydroxylation is 1. The summed E-state index contributed by atoms with van der Waals surface area (Å²) in [4.78, 5) is 12.4. The quantitative estimate of drug-likeness (QED) is 0.886. The molecule has 2 saturated carbocycles. The third kappa shape index (κ3) is 4.04. The number of nitrogens with one attached hydrogen (secondary N) is 1. The Morgan fingerprint density at radius 2 is 1.96 bits per heavy atom. The lowest BCUT2D eigenvalue weighted by atomic mass is 9.65. The normalized spacial score (nSPS) is 29.5. The minimum absolute atomic E-state index is 0. The van der Waals surface area contributed by atoms with Crippen molar-refractivity contribution >= 4 is 18.3 Å². The van der Waals surface area contributed by atoms with Gasteiger partial charge in [-0.2, -0.15) is 0 Å². The van der Waals surface area contributed by atoms with Crippen molar-refractivity contribution in [1.29, 1.82) is 0 Å². The van der Waals surface area contributed by atoms with E-state index < -0.39 is 0 Å². The van der Waals surface area contributed by atoms with Crippen LogP contribution >= 0.6 is 12.4 Å². The van der Waals surface area contributed by atoms with Crippen LogP contribution in [0.2, 0.25) is 0 Å². The van der Waals surface area contributed by atoms with Crippen LogP contribution in [0, 0.1) is 30.5 Å². The van der Waals surface area contributed by atoms with Crippen LogP contribution in [-0.4, -0.2) is 11.9 Å². The average Bonchev–Trinajstić information content (AvgIpc) is 2.48. The van der Waals surface area contributed by atoms with Crippen molar-refractivity contribution in [1.82, 2.24) is 5.32 Å². The zero-order chi connectivity index (χ0) is 15.7. The van der Waals surface area contributed by atoms with E-state index in [1.165, 1.54) is 25.3 Å². The Hall–Kier alpha value is -1.13. The van der Waals surface area contributed by atoms with Gasteiger partial charge in [0.15, 0.2) is 0 Å². The van der Waals surface area contributed by atoms with Crippen LogP contribution in [0.3, 0.4) is 0 Å². The van der Waals surface area contributed by atoms with Gasteiger partial charge >= 0.3 is 0 Å². The molecule has 2 aliphatic carbocycles. The standard InChI is InChI=1S/C18H25FN2O.ClH/c1-11-7-12(5-6-16(11)19)10-21-18(22)15-8-13-3-2-4-14(9-15)17(13)20;/h5-7,13-15,17H,2-4,8-10,20H2,1H3,(H,21,22);1H. The van der Waals surface area contributed by atoms with Crippen LogP contribution in [0.25, 0.3) is 0 Å². The van der Waals surface area contributed by atoms with E-state index in [1.807, 2.05) is 0 Å². The first-order chi connectivity index (χ1) is 10.5. The molecule has 2 atom stereocenters. The molecule has 3 N–H and O–H groups in total. The highest BCUT2D eigenvalue weighted by Crippen LogP contribution is 2.41. The fraction of sp³-hybridized carbons (Fsp3) is 0.611. The third-order valence-corrected chi connectivity index (χ3v) is 5.47. The van der Waals surface area contributed by atoms with Gasteiger partial charge < -0.3 is 11.1 Å². The summed E-state index contributed by atoms with van der Waals surface area (Å²) >= 11 is 0. The molecule has 0 aromatic heterocycles. The molecule has 0 spiro atoms. The molecule has 0 heterocycles. The van der Waals surface area contributed by atoms with Crippen LogP contribution in [-0.2, 0) is 11.3 Å². The lowest BCUT2D eigenvalue weighted by Gasteiger charge is -2.43. The fourth-order valence-electron chi connectivity index (χ4n) is 4.15. The minimum Gasteiger partial charge on any atom is -0.352 e. The second-order valence-corrected chi connectivity index (χ2v) is 7.00. The molecule has 2 fully saturated rings. The van der Waals surface area contributed by atoms with Gasteiger partial charge in [-0.15, -0.1) is 12.4 Å². The molecule has 0 aliphatic heterocycles. The molecule has 128 valence electrons. The number of hydrogen-bond donors (Lipinski definition) is 2. The molecule has 5 heteroatoms. The number of nitrogens with two attached hydrogens (primary N) is 1. The monoisotopic (exact) mass is 340 g/mol. The van der Waals surface area contributed by atoms with Crippen molar-refractivity contribution in [3.63, 3.8) is 0 Å². The van der Waals surface area contributed by atoms with Crippen molar-refractivity contribution in [2.24, 2.45) is 23.5 Å². The van der Waals surface area contributed by atoms with E-state index in [1.54, 1.807) is 19.1 Å². The highest BCUT2D eigenvalue weighted by Gasteiger charge is 2.40. The van der Waals surface area contributed by atoms with Gasteiger partial charge in [-0.25, -0.2) is 4.39 Å². The fourth-order valence-corrected chi connectivity index (χ4v) is 4.15. The Kier molecular flexibility index (Phi) is 6.04. The van der Waals surface area contributed by atoms with E-state index in [4.69, 9.17) is 5.73 Å². The first kappa shape index (κ1) is 18.2. The minimum atomic E-state index is -0.204. The second kappa shape index (κ2) is 7.63. The predicted octanol–water partition coefficient (Wildman–Crippen LogP) is 3.33. The van der Waals surface area contributed by atoms with Gasteiger partial charge in [-0.05, 0) is 61.6 Å². The molecule has 0 saturated heterocycles. The van der Waals surface area contributed by atoms with Crippen LogP contribution < -0.4 is 11.1 Å². The summed E-state index contributed by atoms with van der Waals surface area (Å²) in [6.07, 6.45) is 5.43. The highest BCUT2D eigenvalue weighted by atomic mass is 35.5. The van der Waals surface area contributed by atoms with Crippen LogP contribution in [0.1, 0.15) is 43.2 Å². The largest absolute Gasteiger partial charge is 0.352 e. The number of rotatable bonds is 3. The molecule has 1 aromatic rings. The summed E-state index contributed by atoms with van der Waals surface area (Å²) in [7, 11) is 0. The molecule has 3 nitrogen and oxygen atoms in total. The zero-order valence-electron chi connectivity index (χ0n) is 13.6. The van der Waals surface area contributed by atoms with Crippen molar-refractivity contribution < 1.29 is 9.18 Å². The molecule has 1 aromatic carbocycles. The maximum Gasteiger partial charge on any atom is 0.223 e. The van der Waals surface area contributed by atoms with Gasteiger partial charge in [-0.3, -0.25) is 4.79 Å². The first-order valence-electron chi connectivity index (χ1n) is 8.33. The first-order valence-corrected chi connectivity index (χ1v) is 8.33. The van der Waals surface area contributed by atoms with E-state index >= 15 is 0 Å². The molecule has 2 unspecified atom stereocenters. The number of carbonyl (C=O) groups excluding carboxylic acids is 1. The molecule has 1 amide bonds. The molecule has 2 bridgehead atoms. The van der Waals surface area contributed by atoms with E-state index in [2.05, 4.69) is 5.32 Å². The predicted molar refractivity (Wildman–Crippen MR) is 91.8 cm³/mol. The van der Waals surface area contributed by atoms with Gasteiger partial charge in [-0.1, -0.05) is 18.6 Å². The number of fused-ring (bicyclic) bond motifs is 2. The van der Waals surface area contributed by atoms with E-state index in [0.29, 0.717) is 23.9 Å². The molecular weight excluding hydrogens is 315 g/mol. The third-order valence-electron chi connectivity index (χ3n) is 5.47. The van der Waals surface area contributed by atoms with E-state index in [-0.39, 0.29) is 36.1 Å².